The second-order valence-corrected chi connectivity index (χ2v) is 13.2. The number of hydrogen-bond acceptors (Lipinski definition) is 9. The van der Waals surface area contributed by atoms with Gasteiger partial charge in [0.05, 0.1) is 34.4 Å². The number of rotatable bonds is 7. The maximum Gasteiger partial charge on any atom is 0.418 e. The molecule has 2 aromatic heterocycles. The van der Waals surface area contributed by atoms with Gasteiger partial charge in [-0.05, 0) is 54.8 Å². The summed E-state index contributed by atoms with van der Waals surface area (Å²) in [5.74, 6) is -4.52. The molecule has 1 saturated heterocycles. The SMILES string of the molecule is CCOC(=O)c1ccc(NC(=O)Cn2c3c(sc2=O)[C@@H](c2cccs2)[C@@H]2C(=O)N(c4ccccc4C(F)(F)F)C(=O)[C@@H]2S3)cc1. The van der Waals surface area contributed by atoms with Gasteiger partial charge in [-0.3, -0.25) is 23.7 Å². The molecule has 4 heterocycles. The number of para-hydroxylation sites is 1. The van der Waals surface area contributed by atoms with Crippen LogP contribution in [0.3, 0.4) is 0 Å². The standard InChI is InChI=1S/C30H22F3N3O6S3/c1-2-42-28(40)15-9-11-16(12-10-15)34-20(37)14-35-27-24(45-29(35)41)21(19-8-5-13-43-19)22-23(44-27)26(39)36(25(22)38)18-7-4-3-6-17(18)30(31,32)33/h3-13,21-23H,2,14H2,1H3,(H,34,37)/t21-,22-,23+/m0/s1. The highest BCUT2D eigenvalue weighted by Gasteiger charge is 2.58. The summed E-state index contributed by atoms with van der Waals surface area (Å²) in [5, 5.41) is 3.62. The third-order valence-corrected chi connectivity index (χ3v) is 10.9. The number of fused-ring (bicyclic) bond motifs is 2. The smallest absolute Gasteiger partial charge is 0.418 e. The van der Waals surface area contributed by atoms with E-state index in [1.165, 1.54) is 52.3 Å². The predicted octanol–water partition coefficient (Wildman–Crippen LogP) is 5.60. The zero-order valence-electron chi connectivity index (χ0n) is 23.2. The number of halogens is 3. The van der Waals surface area contributed by atoms with E-state index >= 15 is 0 Å². The van der Waals surface area contributed by atoms with Crippen molar-refractivity contribution in [2.45, 2.75) is 35.8 Å². The van der Waals surface area contributed by atoms with Gasteiger partial charge in [-0.15, -0.1) is 11.3 Å². The van der Waals surface area contributed by atoms with Crippen molar-refractivity contribution >= 4 is 69.5 Å². The highest BCUT2D eigenvalue weighted by molar-refractivity contribution is 8.00. The molecule has 2 aliphatic rings. The number of carbonyl (C=O) groups excluding carboxylic acids is 4. The van der Waals surface area contributed by atoms with Gasteiger partial charge in [0.1, 0.15) is 11.8 Å². The van der Waals surface area contributed by atoms with E-state index in [-0.39, 0.29) is 6.61 Å². The number of esters is 1. The minimum Gasteiger partial charge on any atom is -0.462 e. The first-order valence-electron chi connectivity index (χ1n) is 13.5. The number of thioether (sulfide) groups is 1. The topological polar surface area (TPSA) is 115 Å². The van der Waals surface area contributed by atoms with Crippen molar-refractivity contribution < 1.29 is 37.1 Å². The van der Waals surface area contributed by atoms with Crippen molar-refractivity contribution in [2.24, 2.45) is 5.92 Å². The average Bonchev–Trinajstić information content (AvgIpc) is 3.70. The van der Waals surface area contributed by atoms with Crippen LogP contribution in [0.4, 0.5) is 24.5 Å². The molecule has 3 amide bonds. The normalized spacial score (nSPS) is 19.3. The molecular weight excluding hydrogens is 652 g/mol. The molecule has 0 aliphatic carbocycles. The number of amides is 3. The fourth-order valence-electron chi connectivity index (χ4n) is 5.42. The first-order valence-corrected chi connectivity index (χ1v) is 16.1. The van der Waals surface area contributed by atoms with Gasteiger partial charge in [0, 0.05) is 21.4 Å². The first-order chi connectivity index (χ1) is 21.5. The molecule has 3 atom stereocenters. The fraction of sp³-hybridized carbons (Fsp3) is 0.233. The molecule has 0 radical (unpaired) electrons. The molecule has 0 spiro atoms. The number of alkyl halides is 3. The van der Waals surface area contributed by atoms with Crippen molar-refractivity contribution in [3.63, 3.8) is 0 Å². The third-order valence-electron chi connectivity index (χ3n) is 7.33. The number of hydrogen-bond donors (Lipinski definition) is 1. The Morgan fingerprint density at radius 3 is 2.38 bits per heavy atom. The maximum absolute atomic E-state index is 13.9. The van der Waals surface area contributed by atoms with Crippen LogP contribution in [0.15, 0.2) is 75.9 Å². The van der Waals surface area contributed by atoms with Crippen molar-refractivity contribution in [1.29, 1.82) is 0 Å². The van der Waals surface area contributed by atoms with E-state index < -0.39 is 69.6 Å². The number of nitrogens with zero attached hydrogens (tertiary/aromatic N) is 2. The van der Waals surface area contributed by atoms with Crippen molar-refractivity contribution in [2.75, 3.05) is 16.8 Å². The van der Waals surface area contributed by atoms with E-state index in [1.807, 2.05) is 0 Å². The van der Waals surface area contributed by atoms with Crippen LogP contribution in [0.5, 0.6) is 0 Å². The van der Waals surface area contributed by atoms with E-state index in [2.05, 4.69) is 5.32 Å². The van der Waals surface area contributed by atoms with Crippen LogP contribution in [0, 0.1) is 5.92 Å². The lowest BCUT2D eigenvalue weighted by molar-refractivity contribution is -0.137. The molecule has 1 fully saturated rings. The Morgan fingerprint density at radius 1 is 0.978 bits per heavy atom. The Balaban J connectivity index is 1.33. The molecule has 0 saturated carbocycles. The first kappa shape index (κ1) is 30.8. The average molecular weight is 674 g/mol. The number of imide groups is 1. The molecular formula is C30H22F3N3O6S3. The predicted molar refractivity (Wildman–Crippen MR) is 163 cm³/mol. The van der Waals surface area contributed by atoms with Crippen LogP contribution >= 0.6 is 34.4 Å². The van der Waals surface area contributed by atoms with Crippen LogP contribution in [-0.4, -0.2) is 40.1 Å². The molecule has 0 bridgehead atoms. The number of benzene rings is 2. The maximum atomic E-state index is 13.9. The number of anilines is 2. The van der Waals surface area contributed by atoms with Crippen LogP contribution in [0.25, 0.3) is 0 Å². The lowest BCUT2D eigenvalue weighted by Crippen LogP contribution is -2.33. The number of ether oxygens (including phenoxy) is 1. The van der Waals surface area contributed by atoms with E-state index in [4.69, 9.17) is 4.74 Å². The molecule has 2 aromatic carbocycles. The Bertz CT molecular complexity index is 1870. The molecule has 2 aliphatic heterocycles. The van der Waals surface area contributed by atoms with Crippen molar-refractivity contribution in [3.8, 4) is 0 Å². The van der Waals surface area contributed by atoms with Gasteiger partial charge >= 0.3 is 17.0 Å². The third kappa shape index (κ3) is 5.59. The van der Waals surface area contributed by atoms with Gasteiger partial charge in [-0.2, -0.15) is 13.2 Å². The number of thiazole rings is 1. The van der Waals surface area contributed by atoms with Gasteiger partial charge < -0.3 is 10.1 Å². The summed E-state index contributed by atoms with van der Waals surface area (Å²) in [4.78, 5) is 67.1. The van der Waals surface area contributed by atoms with E-state index in [9.17, 15) is 37.1 Å². The molecule has 4 aromatic rings. The minimum atomic E-state index is -4.81. The Kier molecular flexibility index (Phi) is 8.18. The van der Waals surface area contributed by atoms with Crippen LogP contribution in [-0.2, 0) is 31.8 Å². The van der Waals surface area contributed by atoms with Crippen LogP contribution < -0.4 is 15.1 Å². The fourth-order valence-corrected chi connectivity index (χ4v) is 9.15. The molecule has 6 rings (SSSR count). The van der Waals surface area contributed by atoms with Gasteiger partial charge in [-0.1, -0.05) is 41.3 Å². The number of nitrogens with one attached hydrogen (secondary N) is 1. The molecule has 9 nitrogen and oxygen atoms in total. The zero-order valence-corrected chi connectivity index (χ0v) is 25.6. The molecule has 0 unspecified atom stereocenters. The van der Waals surface area contributed by atoms with Crippen molar-refractivity contribution in [3.05, 3.63) is 96.6 Å². The summed E-state index contributed by atoms with van der Waals surface area (Å²) in [7, 11) is 0. The Labute approximate surface area is 265 Å². The Morgan fingerprint density at radius 2 is 1.71 bits per heavy atom. The summed E-state index contributed by atoms with van der Waals surface area (Å²) >= 11 is 3.05. The Hall–Kier alpha value is -4.21. The largest absolute Gasteiger partial charge is 0.462 e. The van der Waals surface area contributed by atoms with Gasteiger partial charge in [0.2, 0.25) is 17.7 Å². The van der Waals surface area contributed by atoms with Crippen molar-refractivity contribution in [1.82, 2.24) is 4.57 Å². The quantitative estimate of drug-likeness (QED) is 0.201. The summed E-state index contributed by atoms with van der Waals surface area (Å²) < 4.78 is 47.9. The summed E-state index contributed by atoms with van der Waals surface area (Å²) in [6.45, 7) is 1.47. The van der Waals surface area contributed by atoms with Gasteiger partial charge in [-0.25, -0.2) is 9.69 Å². The molecule has 15 heteroatoms. The summed E-state index contributed by atoms with van der Waals surface area (Å²) in [6, 6.07) is 13.9. The number of thiophene rings is 1. The van der Waals surface area contributed by atoms with Crippen LogP contribution in [0.1, 0.15) is 38.5 Å². The van der Waals surface area contributed by atoms with Crippen LogP contribution in [0.2, 0.25) is 0 Å². The molecule has 1 N–H and O–H groups in total. The highest BCUT2D eigenvalue weighted by Crippen LogP contribution is 2.55. The lowest BCUT2D eigenvalue weighted by atomic mass is 9.87. The van der Waals surface area contributed by atoms with E-state index in [0.29, 0.717) is 30.9 Å². The van der Waals surface area contributed by atoms with Gasteiger partial charge in [0.15, 0.2) is 0 Å². The second kappa shape index (κ2) is 11.9. The number of aromatic nitrogens is 1. The second-order valence-electron chi connectivity index (χ2n) is 10.1. The minimum absolute atomic E-state index is 0.211. The number of carbonyl (C=O) groups is 4. The monoisotopic (exact) mass is 673 g/mol. The van der Waals surface area contributed by atoms with Gasteiger partial charge in [0.25, 0.3) is 0 Å². The summed E-state index contributed by atoms with van der Waals surface area (Å²) in [6.07, 6.45) is -4.81. The molecule has 232 valence electrons. The van der Waals surface area contributed by atoms with E-state index in [1.54, 1.807) is 24.4 Å². The van der Waals surface area contributed by atoms with E-state index in [0.717, 1.165) is 35.2 Å². The lowest BCUT2D eigenvalue weighted by Gasteiger charge is -2.29. The highest BCUT2D eigenvalue weighted by atomic mass is 32.2. The summed E-state index contributed by atoms with van der Waals surface area (Å²) in [5.41, 5.74) is -0.994. The zero-order chi connectivity index (χ0) is 32.0. The molecule has 45 heavy (non-hydrogen) atoms.